The SMILES string of the molecule is N[C@]1(c2ccc(-c3nc4c(cnc5ccnn54)cc3-c3ccccc3)cc2)C[C@](O)(C2CC2)C1. The maximum Gasteiger partial charge on any atom is 0.165 e. The number of pyridine rings is 1. The Morgan fingerprint density at radius 1 is 0.941 bits per heavy atom. The molecule has 3 N–H and O–H groups in total. The van der Waals surface area contributed by atoms with E-state index in [9.17, 15) is 5.11 Å². The normalized spacial score (nSPS) is 24.4. The van der Waals surface area contributed by atoms with E-state index in [-0.39, 0.29) is 0 Å². The molecular formula is C28H25N5O. The lowest BCUT2D eigenvalue weighted by Crippen LogP contribution is -2.60. The van der Waals surface area contributed by atoms with Gasteiger partial charge in [-0.3, -0.25) is 0 Å². The Labute approximate surface area is 197 Å². The second-order valence-electron chi connectivity index (χ2n) is 9.99. The molecule has 2 fully saturated rings. The van der Waals surface area contributed by atoms with Crippen LogP contribution in [0.5, 0.6) is 0 Å². The summed E-state index contributed by atoms with van der Waals surface area (Å²) in [4.78, 5) is 9.61. The predicted molar refractivity (Wildman–Crippen MR) is 132 cm³/mol. The zero-order chi connectivity index (χ0) is 22.9. The molecule has 168 valence electrons. The molecule has 0 unspecified atom stereocenters. The quantitative estimate of drug-likeness (QED) is 0.417. The van der Waals surface area contributed by atoms with Gasteiger partial charge in [0.25, 0.3) is 0 Å². The van der Waals surface area contributed by atoms with Crippen molar-refractivity contribution in [3.63, 3.8) is 0 Å². The lowest BCUT2D eigenvalue weighted by atomic mass is 9.60. The van der Waals surface area contributed by atoms with Gasteiger partial charge in [-0.25, -0.2) is 9.97 Å². The van der Waals surface area contributed by atoms with Crippen molar-refractivity contribution in [3.8, 4) is 22.4 Å². The van der Waals surface area contributed by atoms with Crippen molar-refractivity contribution in [1.29, 1.82) is 0 Å². The van der Waals surface area contributed by atoms with Crippen molar-refractivity contribution in [2.24, 2.45) is 11.7 Å². The minimum atomic E-state index is -0.572. The van der Waals surface area contributed by atoms with Gasteiger partial charge in [0.2, 0.25) is 0 Å². The average Bonchev–Trinajstić information content (AvgIpc) is 3.60. The van der Waals surface area contributed by atoms with Crippen LogP contribution in [0, 0.1) is 5.92 Å². The first kappa shape index (κ1) is 19.8. The molecule has 0 atom stereocenters. The van der Waals surface area contributed by atoms with Gasteiger partial charge < -0.3 is 10.8 Å². The van der Waals surface area contributed by atoms with Crippen molar-refractivity contribution in [1.82, 2.24) is 19.6 Å². The van der Waals surface area contributed by atoms with E-state index in [2.05, 4.69) is 52.5 Å². The summed E-state index contributed by atoms with van der Waals surface area (Å²) in [6, 6.07) is 22.7. The Balaban J connectivity index is 1.34. The zero-order valence-corrected chi connectivity index (χ0v) is 18.7. The van der Waals surface area contributed by atoms with Gasteiger partial charge in [-0.15, -0.1) is 0 Å². The molecule has 2 aliphatic rings. The minimum Gasteiger partial charge on any atom is -0.389 e. The minimum absolute atomic E-state index is 0.437. The lowest BCUT2D eigenvalue weighted by molar-refractivity contribution is -0.106. The van der Waals surface area contributed by atoms with Crippen molar-refractivity contribution >= 4 is 16.7 Å². The highest BCUT2D eigenvalue weighted by molar-refractivity contribution is 5.90. The van der Waals surface area contributed by atoms with Crippen LogP contribution in [0.2, 0.25) is 0 Å². The number of fused-ring (bicyclic) bond motifs is 3. The molecule has 3 heterocycles. The molecule has 0 amide bonds. The maximum absolute atomic E-state index is 10.8. The second-order valence-corrected chi connectivity index (χ2v) is 9.99. The number of rotatable bonds is 4. The van der Waals surface area contributed by atoms with Gasteiger partial charge in [-0.05, 0) is 48.8 Å². The molecule has 0 aliphatic heterocycles. The molecule has 2 aromatic carbocycles. The molecule has 6 nitrogen and oxygen atoms in total. The van der Waals surface area contributed by atoms with E-state index in [0.29, 0.717) is 18.8 Å². The topological polar surface area (TPSA) is 89.3 Å². The molecule has 0 bridgehead atoms. The summed E-state index contributed by atoms with van der Waals surface area (Å²) >= 11 is 0. The van der Waals surface area contributed by atoms with Crippen LogP contribution in [0.3, 0.4) is 0 Å². The third-order valence-electron chi connectivity index (χ3n) is 7.59. The maximum atomic E-state index is 10.8. The fraction of sp³-hybridized carbons (Fsp3) is 0.250. The molecular weight excluding hydrogens is 422 g/mol. The fourth-order valence-electron chi connectivity index (χ4n) is 5.65. The van der Waals surface area contributed by atoms with Crippen molar-refractivity contribution in [3.05, 3.63) is 84.7 Å². The standard InChI is InChI=1S/C28H25N5O/c29-27(16-28(34,17-27)22-10-11-22)21-8-6-19(7-9-21)25-23(18-4-2-1-3-5-18)14-20-15-30-24-12-13-31-33(24)26(20)32-25/h1-9,12-15,22,34H,10-11,16-17,29H2/t27-,28-. The monoisotopic (exact) mass is 447 g/mol. The van der Waals surface area contributed by atoms with Crippen LogP contribution >= 0.6 is 0 Å². The van der Waals surface area contributed by atoms with Gasteiger partial charge in [0.1, 0.15) is 0 Å². The van der Waals surface area contributed by atoms with Gasteiger partial charge in [-0.2, -0.15) is 9.61 Å². The highest BCUT2D eigenvalue weighted by Crippen LogP contribution is 2.57. The van der Waals surface area contributed by atoms with E-state index in [1.54, 1.807) is 10.7 Å². The van der Waals surface area contributed by atoms with Crippen LogP contribution in [0.25, 0.3) is 39.1 Å². The highest BCUT2D eigenvalue weighted by atomic mass is 16.3. The summed E-state index contributed by atoms with van der Waals surface area (Å²) in [5, 5.41) is 16.2. The Morgan fingerprint density at radius 2 is 1.71 bits per heavy atom. The average molecular weight is 448 g/mol. The van der Waals surface area contributed by atoms with E-state index < -0.39 is 11.1 Å². The van der Waals surface area contributed by atoms with Crippen LogP contribution in [0.4, 0.5) is 0 Å². The van der Waals surface area contributed by atoms with E-state index >= 15 is 0 Å². The van der Waals surface area contributed by atoms with Gasteiger partial charge in [-0.1, -0.05) is 54.6 Å². The van der Waals surface area contributed by atoms with Crippen molar-refractivity contribution in [2.45, 2.75) is 36.8 Å². The Hall–Kier alpha value is -3.61. The Bertz CT molecular complexity index is 1530. The van der Waals surface area contributed by atoms with Crippen LogP contribution < -0.4 is 5.73 Å². The number of benzene rings is 2. The molecule has 0 spiro atoms. The second kappa shape index (κ2) is 6.95. The molecule has 3 aromatic heterocycles. The number of nitrogens with zero attached hydrogens (tertiary/aromatic N) is 4. The number of aliphatic hydroxyl groups is 1. The summed E-state index contributed by atoms with van der Waals surface area (Å²) in [7, 11) is 0. The fourth-order valence-corrected chi connectivity index (χ4v) is 5.65. The molecule has 2 aliphatic carbocycles. The molecule has 2 saturated carbocycles. The number of hydrogen-bond acceptors (Lipinski definition) is 5. The van der Waals surface area contributed by atoms with Gasteiger partial charge >= 0.3 is 0 Å². The lowest BCUT2D eigenvalue weighted by Gasteiger charge is -2.52. The van der Waals surface area contributed by atoms with E-state index in [1.807, 2.05) is 30.5 Å². The van der Waals surface area contributed by atoms with Crippen LogP contribution in [-0.4, -0.2) is 30.3 Å². The number of aromatic nitrogens is 4. The first-order chi connectivity index (χ1) is 16.5. The summed E-state index contributed by atoms with van der Waals surface area (Å²) in [6.45, 7) is 0. The first-order valence-corrected chi connectivity index (χ1v) is 11.8. The smallest absolute Gasteiger partial charge is 0.165 e. The number of nitrogens with two attached hydrogens (primary N) is 1. The van der Waals surface area contributed by atoms with Gasteiger partial charge in [0.05, 0.1) is 17.5 Å². The van der Waals surface area contributed by atoms with Crippen molar-refractivity contribution < 1.29 is 5.11 Å². The first-order valence-electron chi connectivity index (χ1n) is 11.8. The molecule has 7 rings (SSSR count). The molecule has 0 radical (unpaired) electrons. The van der Waals surface area contributed by atoms with Gasteiger partial charge in [0.15, 0.2) is 11.3 Å². The summed E-state index contributed by atoms with van der Waals surface area (Å²) in [5.41, 5.74) is 12.3. The number of hydrogen-bond donors (Lipinski definition) is 2. The van der Waals surface area contributed by atoms with Crippen LogP contribution in [-0.2, 0) is 5.54 Å². The van der Waals surface area contributed by atoms with E-state index in [0.717, 1.165) is 57.5 Å². The van der Waals surface area contributed by atoms with Crippen LogP contribution in [0.15, 0.2) is 79.1 Å². The summed E-state index contributed by atoms with van der Waals surface area (Å²) in [5.74, 6) is 0.437. The highest BCUT2D eigenvalue weighted by Gasteiger charge is 2.58. The van der Waals surface area contributed by atoms with Crippen molar-refractivity contribution in [2.75, 3.05) is 0 Å². The molecule has 34 heavy (non-hydrogen) atoms. The third-order valence-corrected chi connectivity index (χ3v) is 7.59. The predicted octanol–water partition coefficient (Wildman–Crippen LogP) is 4.70. The summed E-state index contributed by atoms with van der Waals surface area (Å²) < 4.78 is 1.78. The van der Waals surface area contributed by atoms with Gasteiger partial charge in [0, 0.05) is 34.3 Å². The third kappa shape index (κ3) is 2.99. The molecule has 5 aromatic rings. The van der Waals surface area contributed by atoms with E-state index in [1.165, 1.54) is 0 Å². The molecule has 6 heteroatoms. The summed E-state index contributed by atoms with van der Waals surface area (Å²) in [6.07, 6.45) is 7.12. The largest absolute Gasteiger partial charge is 0.389 e. The Morgan fingerprint density at radius 3 is 2.44 bits per heavy atom. The zero-order valence-electron chi connectivity index (χ0n) is 18.7. The van der Waals surface area contributed by atoms with Crippen LogP contribution in [0.1, 0.15) is 31.2 Å². The van der Waals surface area contributed by atoms with E-state index in [4.69, 9.17) is 10.7 Å². The Kier molecular flexibility index (Phi) is 4.05. The molecule has 0 saturated heterocycles.